The Bertz CT molecular complexity index is 1130. The topological polar surface area (TPSA) is 84.5 Å². The number of carbonyl (C=O) groups is 1. The molecule has 0 aliphatic carbocycles. The lowest BCUT2D eigenvalue weighted by Gasteiger charge is -2.13. The number of nitrogens with one attached hydrogen (secondary N) is 2. The third-order valence-electron chi connectivity index (χ3n) is 4.68. The van der Waals surface area contributed by atoms with E-state index in [2.05, 4.69) is 10.0 Å². The molecule has 0 unspecified atom stereocenters. The predicted octanol–water partition coefficient (Wildman–Crippen LogP) is 4.02. The van der Waals surface area contributed by atoms with E-state index in [-0.39, 0.29) is 24.2 Å². The SMILES string of the molecule is CC(C)NS(=O)(=O)Cc1ccccc1CNC(=O)c1ccc(COc2ccccc2)cc1. The Labute approximate surface area is 189 Å². The highest BCUT2D eigenvalue weighted by Gasteiger charge is 2.16. The highest BCUT2D eigenvalue weighted by Crippen LogP contribution is 2.14. The molecule has 6 nitrogen and oxygen atoms in total. The molecule has 0 saturated carbocycles. The van der Waals surface area contributed by atoms with E-state index >= 15 is 0 Å². The van der Waals surface area contributed by atoms with E-state index in [0.717, 1.165) is 16.9 Å². The Kier molecular flexibility index (Phi) is 8.03. The summed E-state index contributed by atoms with van der Waals surface area (Å²) in [6.45, 7) is 4.22. The van der Waals surface area contributed by atoms with Crippen molar-refractivity contribution in [3.05, 3.63) is 101 Å². The van der Waals surface area contributed by atoms with Crippen molar-refractivity contribution in [2.75, 3.05) is 0 Å². The fraction of sp³-hybridized carbons (Fsp3) is 0.240. The summed E-state index contributed by atoms with van der Waals surface area (Å²) in [6, 6.07) is 23.8. The predicted molar refractivity (Wildman–Crippen MR) is 126 cm³/mol. The summed E-state index contributed by atoms with van der Waals surface area (Å²) in [5.41, 5.74) is 2.91. The smallest absolute Gasteiger partial charge is 0.251 e. The summed E-state index contributed by atoms with van der Waals surface area (Å²) >= 11 is 0. The number of benzene rings is 3. The molecule has 0 radical (unpaired) electrons. The zero-order valence-corrected chi connectivity index (χ0v) is 19.1. The van der Waals surface area contributed by atoms with Crippen LogP contribution in [-0.2, 0) is 28.9 Å². The molecule has 7 heteroatoms. The molecular formula is C25H28N2O4S. The van der Waals surface area contributed by atoms with Gasteiger partial charge >= 0.3 is 0 Å². The van der Waals surface area contributed by atoms with Gasteiger partial charge in [0.2, 0.25) is 10.0 Å². The fourth-order valence-corrected chi connectivity index (χ4v) is 4.68. The van der Waals surface area contributed by atoms with Crippen LogP contribution >= 0.6 is 0 Å². The van der Waals surface area contributed by atoms with Crippen LogP contribution in [0.15, 0.2) is 78.9 Å². The van der Waals surface area contributed by atoms with Crippen molar-refractivity contribution >= 4 is 15.9 Å². The van der Waals surface area contributed by atoms with Gasteiger partial charge < -0.3 is 10.1 Å². The molecule has 0 heterocycles. The van der Waals surface area contributed by atoms with E-state index in [9.17, 15) is 13.2 Å². The van der Waals surface area contributed by atoms with Crippen molar-refractivity contribution in [2.24, 2.45) is 0 Å². The number of amides is 1. The number of hydrogen-bond acceptors (Lipinski definition) is 4. The molecule has 0 saturated heterocycles. The lowest BCUT2D eigenvalue weighted by molar-refractivity contribution is 0.0951. The maximum atomic E-state index is 12.6. The van der Waals surface area contributed by atoms with Crippen LogP contribution in [0.2, 0.25) is 0 Å². The second-order valence-corrected chi connectivity index (χ2v) is 9.54. The summed E-state index contributed by atoms with van der Waals surface area (Å²) in [4.78, 5) is 12.6. The van der Waals surface area contributed by atoms with Gasteiger partial charge in [0.05, 0.1) is 5.75 Å². The minimum atomic E-state index is -3.45. The van der Waals surface area contributed by atoms with Crippen molar-refractivity contribution in [1.29, 1.82) is 0 Å². The molecule has 1 amide bonds. The minimum Gasteiger partial charge on any atom is -0.489 e. The van der Waals surface area contributed by atoms with Gasteiger partial charge in [-0.2, -0.15) is 0 Å². The minimum absolute atomic E-state index is 0.132. The van der Waals surface area contributed by atoms with Gasteiger partial charge in [0.1, 0.15) is 12.4 Å². The number of ether oxygens (including phenoxy) is 1. The molecule has 0 aromatic heterocycles. The van der Waals surface area contributed by atoms with Gasteiger partial charge in [-0.25, -0.2) is 13.1 Å². The number of rotatable bonds is 10. The first kappa shape index (κ1) is 23.5. The van der Waals surface area contributed by atoms with Crippen LogP contribution < -0.4 is 14.8 Å². The number of para-hydroxylation sites is 1. The summed E-state index contributed by atoms with van der Waals surface area (Å²) in [5.74, 6) is 0.435. The van der Waals surface area contributed by atoms with E-state index in [1.807, 2.05) is 54.6 Å². The molecule has 32 heavy (non-hydrogen) atoms. The monoisotopic (exact) mass is 452 g/mol. The maximum Gasteiger partial charge on any atom is 0.251 e. The molecule has 0 atom stereocenters. The van der Waals surface area contributed by atoms with Crippen molar-refractivity contribution in [2.45, 2.75) is 38.8 Å². The van der Waals surface area contributed by atoms with Crippen LogP contribution in [-0.4, -0.2) is 20.4 Å². The van der Waals surface area contributed by atoms with E-state index in [4.69, 9.17) is 4.74 Å². The van der Waals surface area contributed by atoms with Gasteiger partial charge in [-0.1, -0.05) is 54.6 Å². The van der Waals surface area contributed by atoms with Crippen LogP contribution in [0.4, 0.5) is 0 Å². The van der Waals surface area contributed by atoms with Crippen LogP contribution in [0.5, 0.6) is 5.75 Å². The van der Waals surface area contributed by atoms with Gasteiger partial charge in [0, 0.05) is 18.2 Å². The van der Waals surface area contributed by atoms with E-state index in [1.54, 1.807) is 38.1 Å². The molecule has 3 aromatic rings. The molecular weight excluding hydrogens is 424 g/mol. The summed E-state index contributed by atoms with van der Waals surface area (Å²) in [6.07, 6.45) is 0. The zero-order chi connectivity index (χ0) is 23.0. The fourth-order valence-electron chi connectivity index (χ4n) is 3.19. The lowest BCUT2D eigenvalue weighted by Crippen LogP contribution is -2.31. The highest BCUT2D eigenvalue weighted by atomic mass is 32.2. The van der Waals surface area contributed by atoms with Gasteiger partial charge in [-0.05, 0) is 54.8 Å². The van der Waals surface area contributed by atoms with Crippen LogP contribution in [0, 0.1) is 0 Å². The number of carbonyl (C=O) groups excluding carboxylic acids is 1. The molecule has 0 spiro atoms. The zero-order valence-electron chi connectivity index (χ0n) is 18.2. The summed E-state index contributed by atoms with van der Waals surface area (Å²) in [5, 5.41) is 2.87. The quantitative estimate of drug-likeness (QED) is 0.487. The molecule has 3 rings (SSSR count). The Hall–Kier alpha value is -3.16. The Balaban J connectivity index is 1.58. The second-order valence-electron chi connectivity index (χ2n) is 7.78. The molecule has 168 valence electrons. The van der Waals surface area contributed by atoms with Gasteiger partial charge in [0.15, 0.2) is 0 Å². The summed E-state index contributed by atoms with van der Waals surface area (Å²) < 4.78 is 32.9. The van der Waals surface area contributed by atoms with Crippen molar-refractivity contribution in [3.63, 3.8) is 0 Å². The third kappa shape index (κ3) is 7.21. The largest absolute Gasteiger partial charge is 0.489 e. The Morgan fingerprint density at radius 1 is 0.875 bits per heavy atom. The van der Waals surface area contributed by atoms with Crippen molar-refractivity contribution < 1.29 is 17.9 Å². The lowest BCUT2D eigenvalue weighted by atomic mass is 10.1. The number of sulfonamides is 1. The normalized spacial score (nSPS) is 11.3. The number of hydrogen-bond donors (Lipinski definition) is 2. The van der Waals surface area contributed by atoms with Crippen molar-refractivity contribution in [3.8, 4) is 5.75 Å². The maximum absolute atomic E-state index is 12.6. The molecule has 0 fully saturated rings. The average molecular weight is 453 g/mol. The molecule has 3 aromatic carbocycles. The van der Waals surface area contributed by atoms with Crippen LogP contribution in [0.3, 0.4) is 0 Å². The van der Waals surface area contributed by atoms with E-state index < -0.39 is 10.0 Å². The summed E-state index contributed by atoms with van der Waals surface area (Å²) in [7, 11) is -3.45. The van der Waals surface area contributed by atoms with Gasteiger partial charge in [-0.3, -0.25) is 4.79 Å². The van der Waals surface area contributed by atoms with Gasteiger partial charge in [-0.15, -0.1) is 0 Å². The molecule has 2 N–H and O–H groups in total. The molecule has 0 bridgehead atoms. The van der Waals surface area contributed by atoms with Crippen molar-refractivity contribution in [1.82, 2.24) is 10.0 Å². The first-order valence-corrected chi connectivity index (χ1v) is 12.1. The third-order valence-corrected chi connectivity index (χ3v) is 6.20. The second kappa shape index (κ2) is 10.9. The Morgan fingerprint density at radius 2 is 1.50 bits per heavy atom. The molecule has 0 aliphatic rings. The van der Waals surface area contributed by atoms with Gasteiger partial charge in [0.25, 0.3) is 5.91 Å². The highest BCUT2D eigenvalue weighted by molar-refractivity contribution is 7.88. The molecule has 0 aliphatic heterocycles. The standard InChI is InChI=1S/C25H28N2O4S/c1-19(2)27-32(29,30)18-23-9-7-6-8-22(23)16-26-25(28)21-14-12-20(13-15-21)17-31-24-10-4-3-5-11-24/h3-15,19,27H,16-18H2,1-2H3,(H,26,28). The first-order valence-electron chi connectivity index (χ1n) is 10.4. The first-order chi connectivity index (χ1) is 15.3. The van der Waals surface area contributed by atoms with E-state index in [0.29, 0.717) is 17.7 Å². The van der Waals surface area contributed by atoms with Crippen LogP contribution in [0.1, 0.15) is 40.9 Å². The Morgan fingerprint density at radius 3 is 2.16 bits per heavy atom. The average Bonchev–Trinajstić information content (AvgIpc) is 2.77. The van der Waals surface area contributed by atoms with E-state index in [1.165, 1.54) is 0 Å². The van der Waals surface area contributed by atoms with Crippen LogP contribution in [0.25, 0.3) is 0 Å².